The van der Waals surface area contributed by atoms with E-state index in [1.54, 1.807) is 11.3 Å². The van der Waals surface area contributed by atoms with Crippen LogP contribution >= 0.6 is 11.3 Å². The number of nitriles is 1. The summed E-state index contributed by atoms with van der Waals surface area (Å²) in [5.41, 5.74) is 4.16. The van der Waals surface area contributed by atoms with Gasteiger partial charge in [-0.15, -0.1) is 11.3 Å². The quantitative estimate of drug-likeness (QED) is 0.804. The molecule has 0 aliphatic carbocycles. The van der Waals surface area contributed by atoms with Gasteiger partial charge < -0.3 is 5.32 Å². The zero-order chi connectivity index (χ0) is 14.8. The van der Waals surface area contributed by atoms with E-state index in [9.17, 15) is 0 Å². The van der Waals surface area contributed by atoms with E-state index in [4.69, 9.17) is 5.26 Å². The molecule has 0 unspecified atom stereocenters. The van der Waals surface area contributed by atoms with Crippen molar-refractivity contribution in [2.45, 2.75) is 26.9 Å². The van der Waals surface area contributed by atoms with Crippen molar-refractivity contribution in [1.82, 2.24) is 14.7 Å². The van der Waals surface area contributed by atoms with Crippen molar-refractivity contribution in [2.24, 2.45) is 0 Å². The van der Waals surface area contributed by atoms with Gasteiger partial charge in [-0.25, -0.2) is 4.98 Å². The van der Waals surface area contributed by atoms with E-state index in [-0.39, 0.29) is 0 Å². The fourth-order valence-electron chi connectivity index (χ4n) is 2.34. The van der Waals surface area contributed by atoms with E-state index in [2.05, 4.69) is 33.9 Å². The second-order valence-corrected chi connectivity index (χ2v) is 6.26. The Morgan fingerprint density at radius 1 is 1.24 bits per heavy atom. The summed E-state index contributed by atoms with van der Waals surface area (Å²) in [7, 11) is 0. The standard InChI is InChI=1S/C16H16N4S/c1-11-10-20-15(12(2)19-16(20)21-11)9-18-8-14-5-3-13(7-17)4-6-14/h3-6,10,18H,8-9H2,1-2H3. The Labute approximate surface area is 127 Å². The highest BCUT2D eigenvalue weighted by molar-refractivity contribution is 7.17. The largest absolute Gasteiger partial charge is 0.307 e. The molecule has 0 aliphatic rings. The zero-order valence-electron chi connectivity index (χ0n) is 12.1. The van der Waals surface area contributed by atoms with Crippen LogP contribution in [0, 0.1) is 25.2 Å². The van der Waals surface area contributed by atoms with Crippen LogP contribution in [0.15, 0.2) is 30.5 Å². The molecule has 0 radical (unpaired) electrons. The second-order valence-electron chi connectivity index (χ2n) is 5.05. The van der Waals surface area contributed by atoms with E-state index in [1.807, 2.05) is 31.2 Å². The van der Waals surface area contributed by atoms with E-state index in [0.29, 0.717) is 5.56 Å². The van der Waals surface area contributed by atoms with Gasteiger partial charge in [0, 0.05) is 24.2 Å². The third-order valence-electron chi connectivity index (χ3n) is 3.45. The fraction of sp³-hybridized carbons (Fsp3) is 0.250. The molecule has 0 saturated carbocycles. The number of thiazole rings is 1. The molecule has 1 N–H and O–H groups in total. The predicted octanol–water partition coefficient (Wildman–Crippen LogP) is 3.17. The number of aromatic nitrogens is 2. The minimum Gasteiger partial charge on any atom is -0.307 e. The molecule has 3 rings (SSSR count). The van der Waals surface area contributed by atoms with Gasteiger partial charge >= 0.3 is 0 Å². The van der Waals surface area contributed by atoms with E-state index < -0.39 is 0 Å². The topological polar surface area (TPSA) is 53.1 Å². The number of benzene rings is 1. The van der Waals surface area contributed by atoms with Crippen LogP contribution in [0.5, 0.6) is 0 Å². The molecular formula is C16H16N4S. The van der Waals surface area contributed by atoms with Crippen LogP contribution in [0.2, 0.25) is 0 Å². The van der Waals surface area contributed by atoms with Crippen LogP contribution in [0.1, 0.15) is 27.4 Å². The molecule has 0 amide bonds. The van der Waals surface area contributed by atoms with E-state index in [1.165, 1.54) is 16.1 Å². The summed E-state index contributed by atoms with van der Waals surface area (Å²) in [5, 5.41) is 12.2. The van der Waals surface area contributed by atoms with Gasteiger partial charge in [0.05, 0.1) is 23.0 Å². The zero-order valence-corrected chi connectivity index (χ0v) is 12.9. The lowest BCUT2D eigenvalue weighted by Crippen LogP contribution is -2.14. The van der Waals surface area contributed by atoms with Crippen LogP contribution in [0.3, 0.4) is 0 Å². The van der Waals surface area contributed by atoms with Gasteiger partial charge in [-0.2, -0.15) is 5.26 Å². The number of imidazole rings is 1. The summed E-state index contributed by atoms with van der Waals surface area (Å²) in [5.74, 6) is 0. The maximum atomic E-state index is 8.79. The molecule has 0 spiro atoms. The molecule has 21 heavy (non-hydrogen) atoms. The monoisotopic (exact) mass is 296 g/mol. The molecule has 2 heterocycles. The second kappa shape index (κ2) is 5.68. The minimum atomic E-state index is 0.695. The first-order valence-corrected chi connectivity index (χ1v) is 7.63. The normalized spacial score (nSPS) is 10.9. The van der Waals surface area contributed by atoms with Crippen LogP contribution in [0.4, 0.5) is 0 Å². The maximum absolute atomic E-state index is 8.79. The molecule has 0 saturated heterocycles. The van der Waals surface area contributed by atoms with E-state index in [0.717, 1.165) is 23.7 Å². The summed E-state index contributed by atoms with van der Waals surface area (Å²) < 4.78 is 2.17. The first kappa shape index (κ1) is 13.8. The lowest BCUT2D eigenvalue weighted by Gasteiger charge is -2.05. The average Bonchev–Trinajstić information content (AvgIpc) is 2.96. The number of fused-ring (bicyclic) bond motifs is 1. The Bertz CT molecular complexity index is 805. The van der Waals surface area contributed by atoms with Gasteiger partial charge in [-0.3, -0.25) is 4.40 Å². The van der Waals surface area contributed by atoms with Gasteiger partial charge in [-0.05, 0) is 31.5 Å². The summed E-state index contributed by atoms with van der Waals surface area (Å²) in [4.78, 5) is 6.91. The molecule has 2 aromatic heterocycles. The van der Waals surface area contributed by atoms with Crippen molar-refractivity contribution in [3.8, 4) is 6.07 Å². The van der Waals surface area contributed by atoms with Gasteiger partial charge in [0.25, 0.3) is 0 Å². The molecule has 0 bridgehead atoms. The van der Waals surface area contributed by atoms with Gasteiger partial charge in [0.1, 0.15) is 0 Å². The molecule has 3 aromatic rings. The first-order valence-electron chi connectivity index (χ1n) is 6.81. The number of nitrogens with one attached hydrogen (secondary N) is 1. The highest BCUT2D eigenvalue weighted by Gasteiger charge is 2.10. The Kier molecular flexibility index (Phi) is 3.74. The molecule has 5 heteroatoms. The number of aryl methyl sites for hydroxylation is 2. The van der Waals surface area contributed by atoms with Crippen LogP contribution in [-0.4, -0.2) is 9.38 Å². The molecule has 0 aliphatic heterocycles. The van der Waals surface area contributed by atoms with Crippen molar-refractivity contribution in [2.75, 3.05) is 0 Å². The van der Waals surface area contributed by atoms with Crippen LogP contribution in [0.25, 0.3) is 4.96 Å². The number of nitrogens with zero attached hydrogens (tertiary/aromatic N) is 3. The van der Waals surface area contributed by atoms with Crippen LogP contribution < -0.4 is 5.32 Å². The summed E-state index contributed by atoms with van der Waals surface area (Å²) in [6.45, 7) is 5.71. The van der Waals surface area contributed by atoms with Gasteiger partial charge in [-0.1, -0.05) is 12.1 Å². The lowest BCUT2D eigenvalue weighted by atomic mass is 10.1. The maximum Gasteiger partial charge on any atom is 0.194 e. The molecule has 106 valence electrons. The van der Waals surface area contributed by atoms with Gasteiger partial charge in [0.2, 0.25) is 0 Å². The fourth-order valence-corrected chi connectivity index (χ4v) is 3.23. The first-order chi connectivity index (χ1) is 10.2. The van der Waals surface area contributed by atoms with E-state index >= 15 is 0 Å². The Balaban J connectivity index is 1.68. The predicted molar refractivity (Wildman–Crippen MR) is 84.2 cm³/mol. The summed E-state index contributed by atoms with van der Waals surface area (Å²) in [6, 6.07) is 9.80. The highest BCUT2D eigenvalue weighted by Crippen LogP contribution is 2.20. The van der Waals surface area contributed by atoms with Crippen molar-refractivity contribution in [3.63, 3.8) is 0 Å². The summed E-state index contributed by atoms with van der Waals surface area (Å²) in [6.07, 6.45) is 2.14. The van der Waals surface area contributed by atoms with Crippen molar-refractivity contribution in [3.05, 3.63) is 57.9 Å². The molecule has 4 nitrogen and oxygen atoms in total. The smallest absolute Gasteiger partial charge is 0.194 e. The van der Waals surface area contributed by atoms with Gasteiger partial charge in [0.15, 0.2) is 4.96 Å². The van der Waals surface area contributed by atoms with Crippen molar-refractivity contribution < 1.29 is 0 Å². The Morgan fingerprint density at radius 3 is 2.71 bits per heavy atom. The number of hydrogen-bond donors (Lipinski definition) is 1. The van der Waals surface area contributed by atoms with Crippen molar-refractivity contribution in [1.29, 1.82) is 5.26 Å². The summed E-state index contributed by atoms with van der Waals surface area (Å²) >= 11 is 1.71. The SMILES string of the molecule is Cc1cn2c(CNCc3ccc(C#N)cc3)c(C)nc2s1. The molecule has 1 aromatic carbocycles. The Morgan fingerprint density at radius 2 is 2.00 bits per heavy atom. The average molecular weight is 296 g/mol. The number of rotatable bonds is 4. The molecular weight excluding hydrogens is 280 g/mol. The third kappa shape index (κ3) is 2.82. The molecule has 0 atom stereocenters. The third-order valence-corrected chi connectivity index (χ3v) is 4.34. The lowest BCUT2D eigenvalue weighted by molar-refractivity contribution is 0.672. The van der Waals surface area contributed by atoms with Crippen LogP contribution in [-0.2, 0) is 13.1 Å². The molecule has 0 fully saturated rings. The number of hydrogen-bond acceptors (Lipinski definition) is 4. The van der Waals surface area contributed by atoms with Crippen molar-refractivity contribution >= 4 is 16.3 Å². The minimum absolute atomic E-state index is 0.695. The Hall–Kier alpha value is -2.16. The highest BCUT2D eigenvalue weighted by atomic mass is 32.1.